The standard InChI is InChI=1S/C16H18N4O2/c1-11-15(12(2)22-19-11)6-7-16(21)17-10-13-9-14-5-3-4-8-20(14)18-13/h3-5,8-9H,6-7,10H2,1-2H3,(H,17,21). The molecule has 6 heteroatoms. The molecule has 3 aromatic heterocycles. The molecule has 0 spiro atoms. The second-order valence-corrected chi connectivity index (χ2v) is 5.29. The van der Waals surface area contributed by atoms with Gasteiger partial charge in [0.25, 0.3) is 0 Å². The average Bonchev–Trinajstić information content (AvgIpc) is 3.07. The van der Waals surface area contributed by atoms with Crippen molar-refractivity contribution in [3.05, 3.63) is 53.2 Å². The summed E-state index contributed by atoms with van der Waals surface area (Å²) in [7, 11) is 0. The third-order valence-corrected chi connectivity index (χ3v) is 3.67. The molecule has 0 unspecified atom stereocenters. The Kier molecular flexibility index (Phi) is 3.91. The third kappa shape index (κ3) is 3.00. The van der Waals surface area contributed by atoms with Crippen LogP contribution in [0.2, 0.25) is 0 Å². The summed E-state index contributed by atoms with van der Waals surface area (Å²) in [5, 5.41) is 11.2. The number of fused-ring (bicyclic) bond motifs is 1. The number of carbonyl (C=O) groups excluding carboxylic acids is 1. The zero-order valence-corrected chi connectivity index (χ0v) is 12.7. The zero-order valence-electron chi connectivity index (χ0n) is 12.7. The van der Waals surface area contributed by atoms with Gasteiger partial charge >= 0.3 is 0 Å². The van der Waals surface area contributed by atoms with Crippen LogP contribution in [0.3, 0.4) is 0 Å². The lowest BCUT2D eigenvalue weighted by molar-refractivity contribution is -0.121. The molecule has 0 radical (unpaired) electrons. The highest BCUT2D eigenvalue weighted by atomic mass is 16.5. The summed E-state index contributed by atoms with van der Waals surface area (Å²) in [5.41, 5.74) is 3.73. The van der Waals surface area contributed by atoms with E-state index >= 15 is 0 Å². The lowest BCUT2D eigenvalue weighted by Crippen LogP contribution is -2.23. The van der Waals surface area contributed by atoms with Crippen LogP contribution in [0, 0.1) is 13.8 Å². The zero-order chi connectivity index (χ0) is 15.5. The van der Waals surface area contributed by atoms with E-state index < -0.39 is 0 Å². The first kappa shape index (κ1) is 14.3. The van der Waals surface area contributed by atoms with Gasteiger partial charge in [-0.1, -0.05) is 11.2 Å². The Morgan fingerprint density at radius 3 is 2.95 bits per heavy atom. The van der Waals surface area contributed by atoms with Crippen molar-refractivity contribution < 1.29 is 9.32 Å². The lowest BCUT2D eigenvalue weighted by Gasteiger charge is -2.03. The first-order chi connectivity index (χ1) is 10.6. The smallest absolute Gasteiger partial charge is 0.220 e. The normalized spacial score (nSPS) is 11.0. The molecule has 0 aliphatic heterocycles. The predicted octanol–water partition coefficient (Wildman–Crippen LogP) is 2.19. The summed E-state index contributed by atoms with van der Waals surface area (Å²) in [6.07, 6.45) is 2.94. The number of rotatable bonds is 5. The first-order valence-corrected chi connectivity index (χ1v) is 7.25. The van der Waals surface area contributed by atoms with Crippen molar-refractivity contribution in [2.75, 3.05) is 0 Å². The Hall–Kier alpha value is -2.63. The van der Waals surface area contributed by atoms with Crippen LogP contribution in [0.5, 0.6) is 0 Å². The molecule has 0 saturated heterocycles. The second-order valence-electron chi connectivity index (χ2n) is 5.29. The van der Waals surface area contributed by atoms with E-state index in [0.717, 1.165) is 28.2 Å². The summed E-state index contributed by atoms with van der Waals surface area (Å²) in [6.45, 7) is 4.19. The Morgan fingerprint density at radius 2 is 2.23 bits per heavy atom. The summed E-state index contributed by atoms with van der Waals surface area (Å²) in [4.78, 5) is 12.0. The predicted molar refractivity (Wildman–Crippen MR) is 81.3 cm³/mol. The van der Waals surface area contributed by atoms with Crippen LogP contribution in [-0.4, -0.2) is 20.7 Å². The number of amides is 1. The number of pyridine rings is 1. The lowest BCUT2D eigenvalue weighted by atomic mass is 10.1. The number of nitrogens with zero attached hydrogens (tertiary/aromatic N) is 3. The van der Waals surface area contributed by atoms with E-state index in [1.165, 1.54) is 0 Å². The second kappa shape index (κ2) is 6.01. The molecule has 0 aromatic carbocycles. The molecule has 0 atom stereocenters. The van der Waals surface area contributed by atoms with Gasteiger partial charge in [0.1, 0.15) is 5.76 Å². The maximum atomic E-state index is 12.0. The van der Waals surface area contributed by atoms with Crippen molar-refractivity contribution in [3.8, 4) is 0 Å². The minimum absolute atomic E-state index is 0.00273. The van der Waals surface area contributed by atoms with Gasteiger partial charge in [0.2, 0.25) is 5.91 Å². The highest BCUT2D eigenvalue weighted by molar-refractivity contribution is 5.76. The first-order valence-electron chi connectivity index (χ1n) is 7.25. The van der Waals surface area contributed by atoms with Gasteiger partial charge in [-0.05, 0) is 38.5 Å². The molecule has 0 fully saturated rings. The van der Waals surface area contributed by atoms with E-state index in [9.17, 15) is 4.79 Å². The van der Waals surface area contributed by atoms with Crippen molar-refractivity contribution in [2.24, 2.45) is 0 Å². The van der Waals surface area contributed by atoms with Crippen molar-refractivity contribution >= 4 is 11.4 Å². The maximum absolute atomic E-state index is 12.0. The SMILES string of the molecule is Cc1noc(C)c1CCC(=O)NCc1cc2ccccn2n1. The highest BCUT2D eigenvalue weighted by Crippen LogP contribution is 2.14. The van der Waals surface area contributed by atoms with Gasteiger partial charge in [0.15, 0.2) is 0 Å². The van der Waals surface area contributed by atoms with Crippen molar-refractivity contribution in [3.63, 3.8) is 0 Å². The van der Waals surface area contributed by atoms with Gasteiger partial charge in [0.05, 0.1) is 23.4 Å². The monoisotopic (exact) mass is 298 g/mol. The number of nitrogens with one attached hydrogen (secondary N) is 1. The van der Waals surface area contributed by atoms with Gasteiger partial charge in [0, 0.05) is 18.2 Å². The molecule has 6 nitrogen and oxygen atoms in total. The van der Waals surface area contributed by atoms with Crippen LogP contribution in [0.1, 0.15) is 29.1 Å². The molecule has 22 heavy (non-hydrogen) atoms. The quantitative estimate of drug-likeness (QED) is 0.783. The van der Waals surface area contributed by atoms with Crippen LogP contribution >= 0.6 is 0 Å². The largest absolute Gasteiger partial charge is 0.361 e. The highest BCUT2D eigenvalue weighted by Gasteiger charge is 2.11. The van der Waals surface area contributed by atoms with Gasteiger partial charge in [-0.15, -0.1) is 0 Å². The van der Waals surface area contributed by atoms with Crippen molar-refractivity contribution in [2.45, 2.75) is 33.2 Å². The van der Waals surface area contributed by atoms with Crippen molar-refractivity contribution in [1.82, 2.24) is 20.1 Å². The third-order valence-electron chi connectivity index (χ3n) is 3.67. The Balaban J connectivity index is 1.54. The molecule has 114 valence electrons. The van der Waals surface area contributed by atoms with E-state index in [1.807, 2.05) is 44.3 Å². The van der Waals surface area contributed by atoms with Crippen LogP contribution in [-0.2, 0) is 17.8 Å². The minimum Gasteiger partial charge on any atom is -0.361 e. The molecule has 0 saturated carbocycles. The summed E-state index contributed by atoms with van der Waals surface area (Å²) < 4.78 is 6.89. The van der Waals surface area contributed by atoms with Crippen LogP contribution < -0.4 is 5.32 Å². The fraction of sp³-hybridized carbons (Fsp3) is 0.312. The number of aromatic nitrogens is 3. The molecule has 3 rings (SSSR count). The topological polar surface area (TPSA) is 72.4 Å². The van der Waals surface area contributed by atoms with Gasteiger partial charge in [-0.3, -0.25) is 4.79 Å². The van der Waals surface area contributed by atoms with E-state index in [0.29, 0.717) is 19.4 Å². The Morgan fingerprint density at radius 1 is 1.36 bits per heavy atom. The minimum atomic E-state index is -0.00273. The fourth-order valence-corrected chi connectivity index (χ4v) is 2.45. The molecule has 0 bridgehead atoms. The van der Waals surface area contributed by atoms with Gasteiger partial charge in [-0.2, -0.15) is 5.10 Å². The van der Waals surface area contributed by atoms with Crippen LogP contribution in [0.25, 0.3) is 5.52 Å². The van der Waals surface area contributed by atoms with E-state index in [-0.39, 0.29) is 5.91 Å². The van der Waals surface area contributed by atoms with Crippen LogP contribution in [0.15, 0.2) is 35.0 Å². The molecule has 3 aromatic rings. The van der Waals surface area contributed by atoms with Gasteiger partial charge < -0.3 is 9.84 Å². The summed E-state index contributed by atoms with van der Waals surface area (Å²) in [5.74, 6) is 0.780. The Bertz CT molecular complexity index is 751. The van der Waals surface area contributed by atoms with E-state index in [4.69, 9.17) is 4.52 Å². The Labute approximate surface area is 128 Å². The number of hydrogen-bond donors (Lipinski definition) is 1. The number of hydrogen-bond acceptors (Lipinski definition) is 4. The van der Waals surface area contributed by atoms with Crippen molar-refractivity contribution in [1.29, 1.82) is 0 Å². The number of aryl methyl sites for hydroxylation is 2. The average molecular weight is 298 g/mol. The maximum Gasteiger partial charge on any atom is 0.220 e. The van der Waals surface area contributed by atoms with E-state index in [1.54, 1.807) is 4.52 Å². The molecule has 0 aliphatic carbocycles. The summed E-state index contributed by atoms with van der Waals surface area (Å²) >= 11 is 0. The van der Waals surface area contributed by atoms with Gasteiger partial charge in [-0.25, -0.2) is 4.52 Å². The molecule has 1 N–H and O–H groups in total. The number of carbonyl (C=O) groups is 1. The molecular formula is C16H18N4O2. The molecule has 3 heterocycles. The summed E-state index contributed by atoms with van der Waals surface area (Å²) in [6, 6.07) is 7.83. The molecular weight excluding hydrogens is 280 g/mol. The molecule has 1 amide bonds. The van der Waals surface area contributed by atoms with Crippen LogP contribution in [0.4, 0.5) is 0 Å². The molecule has 0 aliphatic rings. The van der Waals surface area contributed by atoms with E-state index in [2.05, 4.69) is 15.6 Å². The fourth-order valence-electron chi connectivity index (χ4n) is 2.45.